The maximum Gasteiger partial charge on any atom is 0.417 e. The molecule has 104 valence electrons. The molecule has 0 aromatic heterocycles. The highest BCUT2D eigenvalue weighted by Gasteiger charge is 2.38. The first-order valence-electron chi connectivity index (χ1n) is 5.95. The van der Waals surface area contributed by atoms with Crippen LogP contribution in [0.15, 0.2) is 18.2 Å². The number of nitrogens with zero attached hydrogens (tertiary/aromatic N) is 1. The van der Waals surface area contributed by atoms with E-state index in [9.17, 15) is 22.4 Å². The molecule has 0 spiro atoms. The minimum Gasteiger partial charge on any atom is -0.338 e. The summed E-state index contributed by atoms with van der Waals surface area (Å²) in [6.07, 6.45) is -4.01. The number of rotatable bonds is 1. The number of alkyl halides is 3. The van der Waals surface area contributed by atoms with Crippen LogP contribution in [0, 0.1) is 11.7 Å². The lowest BCUT2D eigenvalue weighted by Gasteiger charge is -2.19. The Morgan fingerprint density at radius 2 is 2.05 bits per heavy atom. The molecular weight excluding hydrogens is 262 g/mol. The monoisotopic (exact) mass is 275 g/mol. The molecular formula is C13H13F4NO. The molecule has 0 N–H and O–H groups in total. The van der Waals surface area contributed by atoms with Crippen LogP contribution in [0.5, 0.6) is 0 Å². The summed E-state index contributed by atoms with van der Waals surface area (Å²) in [5.74, 6) is -1.78. The van der Waals surface area contributed by atoms with E-state index in [1.165, 1.54) is 4.90 Å². The van der Waals surface area contributed by atoms with E-state index in [1.807, 2.05) is 6.92 Å². The predicted molar refractivity (Wildman–Crippen MR) is 61.1 cm³/mol. The number of amides is 1. The van der Waals surface area contributed by atoms with E-state index in [0.29, 0.717) is 13.1 Å². The van der Waals surface area contributed by atoms with E-state index in [4.69, 9.17) is 0 Å². The van der Waals surface area contributed by atoms with Crippen LogP contribution in [0.25, 0.3) is 0 Å². The van der Waals surface area contributed by atoms with Crippen LogP contribution in [-0.2, 0) is 6.18 Å². The Bertz CT molecular complexity index is 498. The molecule has 1 amide bonds. The Balaban J connectivity index is 2.41. The third-order valence-corrected chi connectivity index (χ3v) is 3.24. The van der Waals surface area contributed by atoms with Crippen LogP contribution in [0.3, 0.4) is 0 Å². The Labute approximate surface area is 108 Å². The SMILES string of the molecule is CC1CCN(C(=O)c2c(F)cccc2C(F)(F)F)C1. The number of hydrogen-bond donors (Lipinski definition) is 0. The fourth-order valence-corrected chi connectivity index (χ4v) is 2.26. The molecule has 19 heavy (non-hydrogen) atoms. The highest BCUT2D eigenvalue weighted by Crippen LogP contribution is 2.34. The van der Waals surface area contributed by atoms with Crippen LogP contribution in [0.4, 0.5) is 17.6 Å². The summed E-state index contributed by atoms with van der Waals surface area (Å²) in [6, 6.07) is 2.57. The first kappa shape index (κ1) is 13.8. The molecule has 0 saturated carbocycles. The molecule has 0 aliphatic carbocycles. The predicted octanol–water partition coefficient (Wildman–Crippen LogP) is 3.33. The van der Waals surface area contributed by atoms with E-state index >= 15 is 0 Å². The normalized spacial score (nSPS) is 19.8. The van der Waals surface area contributed by atoms with Crippen molar-refractivity contribution in [3.8, 4) is 0 Å². The van der Waals surface area contributed by atoms with Crippen molar-refractivity contribution in [2.75, 3.05) is 13.1 Å². The lowest BCUT2D eigenvalue weighted by Crippen LogP contribution is -2.31. The Hall–Kier alpha value is -1.59. The minimum atomic E-state index is -4.74. The molecule has 1 aromatic rings. The molecule has 2 rings (SSSR count). The molecule has 0 radical (unpaired) electrons. The van der Waals surface area contributed by atoms with E-state index in [2.05, 4.69) is 0 Å². The zero-order valence-electron chi connectivity index (χ0n) is 10.3. The molecule has 2 nitrogen and oxygen atoms in total. The lowest BCUT2D eigenvalue weighted by molar-refractivity contribution is -0.138. The van der Waals surface area contributed by atoms with E-state index in [0.717, 1.165) is 24.6 Å². The standard InChI is InChI=1S/C13H13F4NO/c1-8-5-6-18(7-8)12(19)11-9(13(15,16)17)3-2-4-10(11)14/h2-4,8H,5-7H2,1H3. The van der Waals surface area contributed by atoms with Gasteiger partial charge in [0, 0.05) is 13.1 Å². The van der Waals surface area contributed by atoms with Crippen molar-refractivity contribution < 1.29 is 22.4 Å². The van der Waals surface area contributed by atoms with Crippen LogP contribution in [0.2, 0.25) is 0 Å². The number of carbonyl (C=O) groups is 1. The van der Waals surface area contributed by atoms with Crippen molar-refractivity contribution >= 4 is 5.91 Å². The fraction of sp³-hybridized carbons (Fsp3) is 0.462. The van der Waals surface area contributed by atoms with Crippen molar-refractivity contribution in [2.45, 2.75) is 19.5 Å². The highest BCUT2D eigenvalue weighted by atomic mass is 19.4. The van der Waals surface area contributed by atoms with E-state index < -0.39 is 29.0 Å². The minimum absolute atomic E-state index is 0.227. The first-order valence-corrected chi connectivity index (χ1v) is 5.95. The van der Waals surface area contributed by atoms with E-state index in [1.54, 1.807) is 0 Å². The molecule has 1 heterocycles. The van der Waals surface area contributed by atoms with Gasteiger partial charge in [0.2, 0.25) is 0 Å². The first-order chi connectivity index (χ1) is 8.80. The fourth-order valence-electron chi connectivity index (χ4n) is 2.26. The van der Waals surface area contributed by atoms with Gasteiger partial charge in [0.05, 0.1) is 11.1 Å². The van der Waals surface area contributed by atoms with Crippen molar-refractivity contribution in [1.29, 1.82) is 0 Å². The largest absolute Gasteiger partial charge is 0.417 e. The Morgan fingerprint density at radius 3 is 2.58 bits per heavy atom. The molecule has 1 saturated heterocycles. The lowest BCUT2D eigenvalue weighted by atomic mass is 10.1. The zero-order valence-corrected chi connectivity index (χ0v) is 10.3. The summed E-state index contributed by atoms with van der Waals surface area (Å²) >= 11 is 0. The van der Waals surface area contributed by atoms with Gasteiger partial charge in [0.25, 0.3) is 5.91 Å². The molecule has 1 atom stereocenters. The average molecular weight is 275 g/mol. The summed E-state index contributed by atoms with van der Waals surface area (Å²) in [6.45, 7) is 2.63. The van der Waals surface area contributed by atoms with Gasteiger partial charge < -0.3 is 4.90 Å². The molecule has 0 bridgehead atoms. The summed E-state index contributed by atoms with van der Waals surface area (Å²) in [7, 11) is 0. The van der Waals surface area contributed by atoms with Gasteiger partial charge in [0.15, 0.2) is 0 Å². The average Bonchev–Trinajstić information content (AvgIpc) is 2.73. The molecule has 6 heteroatoms. The van der Waals surface area contributed by atoms with Crippen LogP contribution >= 0.6 is 0 Å². The number of likely N-dealkylation sites (tertiary alicyclic amines) is 1. The van der Waals surface area contributed by atoms with Gasteiger partial charge in [-0.3, -0.25) is 4.79 Å². The van der Waals surface area contributed by atoms with Crippen molar-refractivity contribution in [3.63, 3.8) is 0 Å². The van der Waals surface area contributed by atoms with Crippen molar-refractivity contribution in [3.05, 3.63) is 35.1 Å². The third-order valence-electron chi connectivity index (χ3n) is 3.24. The topological polar surface area (TPSA) is 20.3 Å². The van der Waals surface area contributed by atoms with Gasteiger partial charge in [-0.1, -0.05) is 13.0 Å². The van der Waals surface area contributed by atoms with Crippen LogP contribution < -0.4 is 0 Å². The van der Waals surface area contributed by atoms with Crippen LogP contribution in [0.1, 0.15) is 29.3 Å². The molecule has 1 aliphatic rings. The second-order valence-corrected chi connectivity index (χ2v) is 4.81. The number of halogens is 4. The van der Waals surface area contributed by atoms with Gasteiger partial charge in [-0.15, -0.1) is 0 Å². The maximum absolute atomic E-state index is 13.6. The van der Waals surface area contributed by atoms with Crippen molar-refractivity contribution in [1.82, 2.24) is 4.90 Å². The second kappa shape index (κ2) is 4.83. The summed E-state index contributed by atoms with van der Waals surface area (Å²) in [5.41, 5.74) is -2.08. The number of benzene rings is 1. The highest BCUT2D eigenvalue weighted by molar-refractivity contribution is 5.96. The summed E-state index contributed by atoms with van der Waals surface area (Å²) in [4.78, 5) is 13.3. The molecule has 1 fully saturated rings. The maximum atomic E-state index is 13.6. The zero-order chi connectivity index (χ0) is 14.2. The molecule has 1 unspecified atom stereocenters. The summed E-state index contributed by atoms with van der Waals surface area (Å²) in [5, 5.41) is 0. The molecule has 1 aromatic carbocycles. The summed E-state index contributed by atoms with van der Waals surface area (Å²) < 4.78 is 52.1. The Morgan fingerprint density at radius 1 is 1.37 bits per heavy atom. The molecule has 1 aliphatic heterocycles. The van der Waals surface area contributed by atoms with E-state index in [-0.39, 0.29) is 5.92 Å². The van der Waals surface area contributed by atoms with Gasteiger partial charge in [-0.2, -0.15) is 13.2 Å². The number of carbonyl (C=O) groups excluding carboxylic acids is 1. The van der Waals surface area contributed by atoms with Gasteiger partial charge in [0.1, 0.15) is 5.82 Å². The second-order valence-electron chi connectivity index (χ2n) is 4.81. The quantitative estimate of drug-likeness (QED) is 0.720. The van der Waals surface area contributed by atoms with Gasteiger partial charge in [-0.25, -0.2) is 4.39 Å². The number of hydrogen-bond acceptors (Lipinski definition) is 1. The van der Waals surface area contributed by atoms with Gasteiger partial charge >= 0.3 is 6.18 Å². The smallest absolute Gasteiger partial charge is 0.338 e. The Kier molecular flexibility index (Phi) is 3.52. The van der Waals surface area contributed by atoms with Gasteiger partial charge in [-0.05, 0) is 24.5 Å². The third kappa shape index (κ3) is 2.72. The van der Waals surface area contributed by atoms with Crippen LogP contribution in [-0.4, -0.2) is 23.9 Å². The van der Waals surface area contributed by atoms with Crippen molar-refractivity contribution in [2.24, 2.45) is 5.92 Å².